The van der Waals surface area contributed by atoms with Crippen molar-refractivity contribution in [3.63, 3.8) is 0 Å². The Morgan fingerprint density at radius 3 is 2.66 bits per heavy atom. The molecule has 1 saturated heterocycles. The number of fused-ring (bicyclic) bond motifs is 1. The molecule has 0 radical (unpaired) electrons. The van der Waals surface area contributed by atoms with E-state index >= 15 is 0 Å². The van der Waals surface area contributed by atoms with Gasteiger partial charge in [0.1, 0.15) is 12.4 Å². The Bertz CT molecular complexity index is 1320. The number of carbonyl (C=O) groups excluding carboxylic acids is 3. The molecule has 0 atom stereocenters. The van der Waals surface area contributed by atoms with Crippen molar-refractivity contribution in [3.05, 3.63) is 81.2 Å². The average molecular weight is 452 g/mol. The highest BCUT2D eigenvalue weighted by Gasteiger charge is 2.34. The molecule has 3 amide bonds. The zero-order valence-electron chi connectivity index (χ0n) is 16.7. The molecule has 3 aromatic rings. The third kappa shape index (κ3) is 4.45. The van der Waals surface area contributed by atoms with Crippen LogP contribution in [0, 0.1) is 5.82 Å². The zero-order valence-corrected chi connectivity index (χ0v) is 17.5. The summed E-state index contributed by atoms with van der Waals surface area (Å²) in [5, 5.41) is 6.60. The van der Waals surface area contributed by atoms with E-state index in [0.29, 0.717) is 10.9 Å². The number of rotatable bonds is 6. The normalized spacial score (nSPS) is 15.0. The van der Waals surface area contributed by atoms with Gasteiger partial charge in [-0.25, -0.2) is 4.39 Å². The van der Waals surface area contributed by atoms with Crippen molar-refractivity contribution >= 4 is 45.8 Å². The number of carbonyl (C=O) groups is 3. The van der Waals surface area contributed by atoms with Crippen LogP contribution in [-0.2, 0) is 16.1 Å². The summed E-state index contributed by atoms with van der Waals surface area (Å²) < 4.78 is 15.2. The number of aromatic nitrogens is 2. The molecule has 1 fully saturated rings. The fraction of sp³-hybridized carbons (Fsp3) is 0.136. The molecule has 32 heavy (non-hydrogen) atoms. The highest BCUT2D eigenvalue weighted by atomic mass is 32.2. The van der Waals surface area contributed by atoms with E-state index in [2.05, 4.69) is 10.4 Å². The predicted octanol–water partition coefficient (Wildman–Crippen LogP) is 2.39. The van der Waals surface area contributed by atoms with E-state index in [-0.39, 0.29) is 41.4 Å². The smallest absolute Gasteiger partial charge is 0.293 e. The summed E-state index contributed by atoms with van der Waals surface area (Å²) >= 11 is 0.725. The van der Waals surface area contributed by atoms with Gasteiger partial charge < -0.3 is 5.32 Å². The van der Waals surface area contributed by atoms with Crippen molar-refractivity contribution < 1.29 is 18.8 Å². The number of imide groups is 1. The maximum atomic E-state index is 13.8. The predicted molar refractivity (Wildman–Crippen MR) is 118 cm³/mol. The number of hydrogen-bond donors (Lipinski definition) is 1. The van der Waals surface area contributed by atoms with Gasteiger partial charge in [-0.2, -0.15) is 5.10 Å². The number of para-hydroxylation sites is 1. The Hall–Kier alpha value is -3.79. The number of benzene rings is 2. The van der Waals surface area contributed by atoms with Gasteiger partial charge in [0, 0.05) is 24.0 Å². The minimum Gasteiger partial charge on any atom is -0.353 e. The maximum absolute atomic E-state index is 13.8. The van der Waals surface area contributed by atoms with Crippen LogP contribution in [0.3, 0.4) is 0 Å². The van der Waals surface area contributed by atoms with E-state index in [1.165, 1.54) is 29.0 Å². The summed E-state index contributed by atoms with van der Waals surface area (Å²) in [6, 6.07) is 12.8. The third-order valence-corrected chi connectivity index (χ3v) is 5.69. The van der Waals surface area contributed by atoms with Gasteiger partial charge >= 0.3 is 0 Å². The summed E-state index contributed by atoms with van der Waals surface area (Å²) in [5.74, 6) is -1.42. The van der Waals surface area contributed by atoms with E-state index in [0.717, 1.165) is 22.9 Å². The largest absolute Gasteiger partial charge is 0.353 e. The summed E-state index contributed by atoms with van der Waals surface area (Å²) in [4.78, 5) is 50.0. The SMILES string of the molecule is O=C(Cn1ncc(=O)c2ccccc21)NCCN1C(=O)S/C(=C\c2ccccc2F)C1=O. The number of amides is 3. The Balaban J connectivity index is 1.36. The number of halogens is 1. The lowest BCUT2D eigenvalue weighted by Gasteiger charge is -2.14. The number of thioether (sulfide) groups is 1. The molecule has 0 spiro atoms. The maximum Gasteiger partial charge on any atom is 0.293 e. The Kier molecular flexibility index (Phi) is 6.13. The molecule has 2 aromatic carbocycles. The second-order valence-corrected chi connectivity index (χ2v) is 7.88. The van der Waals surface area contributed by atoms with Crippen molar-refractivity contribution in [1.29, 1.82) is 0 Å². The lowest BCUT2D eigenvalue weighted by molar-refractivity contribution is -0.124. The summed E-state index contributed by atoms with van der Waals surface area (Å²) in [5.41, 5.74) is 0.506. The molecule has 1 aliphatic rings. The Morgan fingerprint density at radius 2 is 1.84 bits per heavy atom. The fourth-order valence-electron chi connectivity index (χ4n) is 3.21. The van der Waals surface area contributed by atoms with Gasteiger partial charge in [-0.1, -0.05) is 30.3 Å². The van der Waals surface area contributed by atoms with Gasteiger partial charge in [0.05, 0.1) is 16.6 Å². The van der Waals surface area contributed by atoms with Gasteiger partial charge in [0.15, 0.2) is 0 Å². The van der Waals surface area contributed by atoms with E-state index in [9.17, 15) is 23.6 Å². The zero-order chi connectivity index (χ0) is 22.7. The average Bonchev–Trinajstić information content (AvgIpc) is 3.05. The van der Waals surface area contributed by atoms with Crippen LogP contribution in [-0.4, -0.2) is 44.8 Å². The molecular weight excluding hydrogens is 435 g/mol. The minimum absolute atomic E-state index is 0.0244. The van der Waals surface area contributed by atoms with Crippen molar-refractivity contribution in [2.45, 2.75) is 6.54 Å². The molecule has 0 bridgehead atoms. The lowest BCUT2D eigenvalue weighted by atomic mass is 10.2. The van der Waals surface area contributed by atoms with Crippen LogP contribution in [0.4, 0.5) is 9.18 Å². The molecule has 10 heteroatoms. The van der Waals surface area contributed by atoms with E-state index < -0.39 is 17.0 Å². The summed E-state index contributed by atoms with van der Waals surface area (Å²) in [6.07, 6.45) is 2.49. The monoisotopic (exact) mass is 452 g/mol. The van der Waals surface area contributed by atoms with Gasteiger partial charge in [-0.05, 0) is 36.0 Å². The first-order chi connectivity index (χ1) is 15.4. The van der Waals surface area contributed by atoms with Gasteiger partial charge in [0.2, 0.25) is 11.3 Å². The van der Waals surface area contributed by atoms with Gasteiger partial charge in [0.25, 0.3) is 11.1 Å². The van der Waals surface area contributed by atoms with Gasteiger partial charge in [-0.15, -0.1) is 0 Å². The molecule has 0 saturated carbocycles. The molecule has 2 heterocycles. The van der Waals surface area contributed by atoms with Crippen LogP contribution in [0.15, 0.2) is 64.4 Å². The van der Waals surface area contributed by atoms with Crippen LogP contribution in [0.2, 0.25) is 0 Å². The first-order valence-corrected chi connectivity index (χ1v) is 10.5. The highest BCUT2D eigenvalue weighted by molar-refractivity contribution is 8.18. The van der Waals surface area contributed by atoms with Crippen LogP contribution in [0.1, 0.15) is 5.56 Å². The van der Waals surface area contributed by atoms with Crippen molar-refractivity contribution in [1.82, 2.24) is 20.0 Å². The molecular formula is C22H17FN4O4S. The Morgan fingerprint density at radius 1 is 1.09 bits per heavy atom. The van der Waals surface area contributed by atoms with Crippen LogP contribution in [0.25, 0.3) is 17.0 Å². The Labute approximate surface area is 185 Å². The number of hydrogen-bond acceptors (Lipinski definition) is 6. The van der Waals surface area contributed by atoms with Crippen molar-refractivity contribution in [2.75, 3.05) is 13.1 Å². The molecule has 8 nitrogen and oxygen atoms in total. The molecule has 4 rings (SSSR count). The second-order valence-electron chi connectivity index (χ2n) is 6.89. The molecule has 0 aliphatic carbocycles. The lowest BCUT2D eigenvalue weighted by Crippen LogP contribution is -2.38. The first kappa shape index (κ1) is 21.4. The van der Waals surface area contributed by atoms with E-state index in [1.807, 2.05) is 0 Å². The highest BCUT2D eigenvalue weighted by Crippen LogP contribution is 2.32. The topological polar surface area (TPSA) is 101 Å². The summed E-state index contributed by atoms with van der Waals surface area (Å²) in [7, 11) is 0. The third-order valence-electron chi connectivity index (χ3n) is 4.78. The number of nitrogens with one attached hydrogen (secondary N) is 1. The molecule has 1 aromatic heterocycles. The molecule has 1 N–H and O–H groups in total. The van der Waals surface area contributed by atoms with Gasteiger partial charge in [-0.3, -0.25) is 28.8 Å². The van der Waals surface area contributed by atoms with Crippen molar-refractivity contribution in [2.24, 2.45) is 0 Å². The van der Waals surface area contributed by atoms with E-state index in [4.69, 9.17) is 0 Å². The summed E-state index contributed by atoms with van der Waals surface area (Å²) in [6.45, 7) is -0.110. The van der Waals surface area contributed by atoms with E-state index in [1.54, 1.807) is 30.3 Å². The van der Waals surface area contributed by atoms with Crippen molar-refractivity contribution in [3.8, 4) is 0 Å². The first-order valence-electron chi connectivity index (χ1n) is 9.65. The molecule has 1 aliphatic heterocycles. The minimum atomic E-state index is -0.537. The number of nitrogens with zero attached hydrogens (tertiary/aromatic N) is 3. The standard InChI is InChI=1S/C22H17FN4O4S/c23-16-7-3-1-5-14(16)11-19-21(30)26(22(31)32-19)10-9-24-20(29)13-27-17-8-4-2-6-15(17)18(28)12-25-27/h1-8,11-12H,9-10,13H2,(H,24,29)/b19-11-. The quantitative estimate of drug-likeness (QED) is 0.577. The fourth-order valence-corrected chi connectivity index (χ4v) is 4.07. The second kappa shape index (κ2) is 9.15. The van der Waals surface area contributed by atoms with Crippen LogP contribution >= 0.6 is 11.8 Å². The molecule has 162 valence electrons. The van der Waals surface area contributed by atoms with Crippen LogP contribution < -0.4 is 10.7 Å². The van der Waals surface area contributed by atoms with Crippen LogP contribution in [0.5, 0.6) is 0 Å². The molecule has 0 unspecified atom stereocenters.